The second-order valence-electron chi connectivity index (χ2n) is 5.41. The van der Waals surface area contributed by atoms with Crippen LogP contribution in [0.4, 0.5) is 5.69 Å². The second kappa shape index (κ2) is 5.45. The third kappa shape index (κ3) is 2.76. The van der Waals surface area contributed by atoms with E-state index in [-0.39, 0.29) is 0 Å². The van der Waals surface area contributed by atoms with Crippen LogP contribution in [0, 0.1) is 13.8 Å². The van der Waals surface area contributed by atoms with Gasteiger partial charge in [-0.05, 0) is 54.8 Å². The summed E-state index contributed by atoms with van der Waals surface area (Å²) in [4.78, 5) is 4.75. The van der Waals surface area contributed by atoms with Gasteiger partial charge in [-0.25, -0.2) is 4.98 Å². The number of imidazole rings is 1. The lowest BCUT2D eigenvalue weighted by Crippen LogP contribution is -1.92. The van der Waals surface area contributed by atoms with Gasteiger partial charge in [-0.3, -0.25) is 0 Å². The van der Waals surface area contributed by atoms with Crippen LogP contribution >= 0.6 is 11.8 Å². The molecule has 0 aliphatic heterocycles. The molecule has 108 valence electrons. The van der Waals surface area contributed by atoms with Gasteiger partial charge < -0.3 is 10.3 Å². The molecule has 3 nitrogen and oxygen atoms in total. The third-order valence-corrected chi connectivity index (χ3v) is 4.90. The van der Waals surface area contributed by atoms with Crippen molar-refractivity contribution in [2.45, 2.75) is 24.8 Å². The zero-order valence-corrected chi connectivity index (χ0v) is 13.4. The van der Waals surface area contributed by atoms with Crippen molar-refractivity contribution in [2.24, 2.45) is 7.05 Å². The van der Waals surface area contributed by atoms with E-state index < -0.39 is 0 Å². The van der Waals surface area contributed by atoms with E-state index in [2.05, 4.69) is 49.7 Å². The van der Waals surface area contributed by atoms with Crippen LogP contribution in [0.25, 0.3) is 11.0 Å². The summed E-state index contributed by atoms with van der Waals surface area (Å²) >= 11 is 1.75. The first kappa shape index (κ1) is 14.0. The molecular weight excluding hydrogens is 278 g/mol. The Hall–Kier alpha value is -1.94. The normalized spacial score (nSPS) is 11.2. The Bertz CT molecular complexity index is 788. The molecule has 3 rings (SSSR count). The number of benzene rings is 2. The smallest absolute Gasteiger partial charge is 0.169 e. The van der Waals surface area contributed by atoms with Crippen molar-refractivity contribution in [1.82, 2.24) is 9.55 Å². The van der Waals surface area contributed by atoms with Crippen molar-refractivity contribution < 1.29 is 0 Å². The van der Waals surface area contributed by atoms with Gasteiger partial charge in [-0.2, -0.15) is 0 Å². The van der Waals surface area contributed by atoms with E-state index in [0.717, 1.165) is 22.1 Å². The lowest BCUT2D eigenvalue weighted by molar-refractivity contribution is 0.814. The number of hydrogen-bond donors (Lipinski definition) is 1. The SMILES string of the molecule is Cc1cc2nc(SCc3ccc(N)cc3)n(C)c2cc1C. The molecule has 3 aromatic rings. The van der Waals surface area contributed by atoms with Crippen LogP contribution in [0.2, 0.25) is 0 Å². The highest BCUT2D eigenvalue weighted by molar-refractivity contribution is 7.98. The molecule has 0 atom stereocenters. The maximum absolute atomic E-state index is 5.71. The summed E-state index contributed by atoms with van der Waals surface area (Å²) in [7, 11) is 2.08. The predicted molar refractivity (Wildman–Crippen MR) is 90.6 cm³/mol. The number of anilines is 1. The van der Waals surface area contributed by atoms with Gasteiger partial charge in [0.1, 0.15) is 0 Å². The zero-order valence-electron chi connectivity index (χ0n) is 12.6. The van der Waals surface area contributed by atoms with Crippen LogP contribution < -0.4 is 5.73 Å². The molecule has 0 fully saturated rings. The molecule has 0 saturated carbocycles. The summed E-state index contributed by atoms with van der Waals surface area (Å²) in [5.74, 6) is 0.898. The highest BCUT2D eigenvalue weighted by atomic mass is 32.2. The van der Waals surface area contributed by atoms with Gasteiger partial charge in [0.05, 0.1) is 11.0 Å². The summed E-state index contributed by atoms with van der Waals surface area (Å²) < 4.78 is 2.17. The van der Waals surface area contributed by atoms with Crippen molar-refractivity contribution >= 4 is 28.5 Å². The van der Waals surface area contributed by atoms with Gasteiger partial charge in [0.25, 0.3) is 0 Å². The maximum atomic E-state index is 5.71. The third-order valence-electron chi connectivity index (χ3n) is 3.80. The molecule has 2 N–H and O–H groups in total. The lowest BCUT2D eigenvalue weighted by atomic mass is 10.1. The summed E-state index contributed by atoms with van der Waals surface area (Å²) in [5, 5.41) is 1.05. The fraction of sp³-hybridized carbons (Fsp3) is 0.235. The van der Waals surface area contributed by atoms with Crippen LogP contribution in [-0.2, 0) is 12.8 Å². The maximum Gasteiger partial charge on any atom is 0.169 e. The molecule has 4 heteroatoms. The minimum Gasteiger partial charge on any atom is -0.399 e. The van der Waals surface area contributed by atoms with Crippen molar-refractivity contribution in [3.63, 3.8) is 0 Å². The molecule has 0 saturated heterocycles. The van der Waals surface area contributed by atoms with Crippen LogP contribution in [0.1, 0.15) is 16.7 Å². The number of nitrogens with zero attached hydrogens (tertiary/aromatic N) is 2. The molecule has 0 spiro atoms. The van der Waals surface area contributed by atoms with Crippen LogP contribution in [0.5, 0.6) is 0 Å². The standard InChI is InChI=1S/C17H19N3S/c1-11-8-15-16(9-12(11)2)20(3)17(19-15)21-10-13-4-6-14(18)7-5-13/h4-9H,10,18H2,1-3H3. The molecule has 0 aliphatic rings. The van der Waals surface area contributed by atoms with Crippen molar-refractivity contribution in [3.8, 4) is 0 Å². The summed E-state index contributed by atoms with van der Waals surface area (Å²) in [6.45, 7) is 4.27. The number of nitrogen functional groups attached to an aromatic ring is 1. The van der Waals surface area contributed by atoms with Gasteiger partial charge in [-0.1, -0.05) is 23.9 Å². The summed E-state index contributed by atoms with van der Waals surface area (Å²) in [6.07, 6.45) is 0. The molecule has 1 heterocycles. The number of rotatable bonds is 3. The number of aromatic nitrogens is 2. The fourth-order valence-electron chi connectivity index (χ4n) is 2.32. The monoisotopic (exact) mass is 297 g/mol. The van der Waals surface area contributed by atoms with E-state index in [4.69, 9.17) is 10.7 Å². The van der Waals surface area contributed by atoms with E-state index in [1.165, 1.54) is 22.2 Å². The summed E-state index contributed by atoms with van der Waals surface area (Å²) in [5.41, 5.74) is 12.6. The molecule has 0 bridgehead atoms. The average Bonchev–Trinajstić information content (AvgIpc) is 2.75. The number of aryl methyl sites for hydroxylation is 3. The van der Waals surface area contributed by atoms with Crippen LogP contribution in [0.15, 0.2) is 41.6 Å². The molecule has 1 aromatic heterocycles. The van der Waals surface area contributed by atoms with E-state index in [1.807, 2.05) is 12.1 Å². The van der Waals surface area contributed by atoms with Gasteiger partial charge >= 0.3 is 0 Å². The fourth-order valence-corrected chi connectivity index (χ4v) is 3.26. The molecule has 0 unspecified atom stereocenters. The highest BCUT2D eigenvalue weighted by Crippen LogP contribution is 2.27. The Labute approximate surface area is 129 Å². The average molecular weight is 297 g/mol. The second-order valence-corrected chi connectivity index (χ2v) is 6.35. The Balaban J connectivity index is 1.87. The number of hydrogen-bond acceptors (Lipinski definition) is 3. The predicted octanol–water partition coefficient (Wildman–Crippen LogP) is 4.06. The first-order valence-corrected chi connectivity index (χ1v) is 7.94. The number of nitrogens with two attached hydrogens (primary N) is 1. The minimum atomic E-state index is 0.803. The topological polar surface area (TPSA) is 43.8 Å². The van der Waals surface area contributed by atoms with Crippen molar-refractivity contribution in [3.05, 3.63) is 53.1 Å². The van der Waals surface area contributed by atoms with Gasteiger partial charge in [0, 0.05) is 18.5 Å². The van der Waals surface area contributed by atoms with Crippen LogP contribution in [0.3, 0.4) is 0 Å². The molecule has 21 heavy (non-hydrogen) atoms. The Kier molecular flexibility index (Phi) is 3.64. The van der Waals surface area contributed by atoms with Gasteiger partial charge in [0.2, 0.25) is 0 Å². The quantitative estimate of drug-likeness (QED) is 0.585. The van der Waals surface area contributed by atoms with Gasteiger partial charge in [-0.15, -0.1) is 0 Å². The molecule has 0 aliphatic carbocycles. The Morgan fingerprint density at radius 1 is 1.10 bits per heavy atom. The Morgan fingerprint density at radius 3 is 2.48 bits per heavy atom. The first-order chi connectivity index (χ1) is 10.0. The summed E-state index contributed by atoms with van der Waals surface area (Å²) in [6, 6.07) is 12.4. The largest absolute Gasteiger partial charge is 0.399 e. The molecule has 2 aromatic carbocycles. The minimum absolute atomic E-state index is 0.803. The van der Waals surface area contributed by atoms with E-state index >= 15 is 0 Å². The van der Waals surface area contributed by atoms with E-state index in [0.29, 0.717) is 0 Å². The van der Waals surface area contributed by atoms with E-state index in [1.54, 1.807) is 11.8 Å². The van der Waals surface area contributed by atoms with Crippen LogP contribution in [-0.4, -0.2) is 9.55 Å². The highest BCUT2D eigenvalue weighted by Gasteiger charge is 2.09. The molecule has 0 radical (unpaired) electrons. The van der Waals surface area contributed by atoms with Crippen molar-refractivity contribution in [1.29, 1.82) is 0 Å². The van der Waals surface area contributed by atoms with Crippen molar-refractivity contribution in [2.75, 3.05) is 5.73 Å². The zero-order chi connectivity index (χ0) is 15.0. The number of thioether (sulfide) groups is 1. The molecular formula is C17H19N3S. The van der Waals surface area contributed by atoms with Gasteiger partial charge in [0.15, 0.2) is 5.16 Å². The van der Waals surface area contributed by atoms with E-state index in [9.17, 15) is 0 Å². The Morgan fingerprint density at radius 2 is 1.76 bits per heavy atom. The lowest BCUT2D eigenvalue weighted by Gasteiger charge is -2.04. The number of fused-ring (bicyclic) bond motifs is 1. The molecule has 0 amide bonds. The first-order valence-electron chi connectivity index (χ1n) is 6.95.